The van der Waals surface area contributed by atoms with E-state index in [9.17, 15) is 37.5 Å². The maximum absolute atomic E-state index is 14.6. The summed E-state index contributed by atoms with van der Waals surface area (Å²) in [4.78, 5) is 59.8. The first-order chi connectivity index (χ1) is 27.9. The summed E-state index contributed by atoms with van der Waals surface area (Å²) in [7, 11) is 0. The number of anilines is 6. The zero-order valence-electron chi connectivity index (χ0n) is 30.6. The van der Waals surface area contributed by atoms with Crippen molar-refractivity contribution < 1.29 is 42.2 Å². The number of phenolic OH excluding ortho intramolecular Hbond substituents is 1. The van der Waals surface area contributed by atoms with Crippen molar-refractivity contribution >= 4 is 57.8 Å². The molecule has 0 spiro atoms. The van der Waals surface area contributed by atoms with E-state index in [1.165, 1.54) is 0 Å². The quantitative estimate of drug-likeness (QED) is 0.105. The van der Waals surface area contributed by atoms with Crippen LogP contribution in [0.15, 0.2) is 139 Å². The number of alkyl halides is 3. The average Bonchev–Trinajstić information content (AvgIpc) is 3.62. The highest BCUT2D eigenvalue weighted by Gasteiger charge is 2.62. The summed E-state index contributed by atoms with van der Waals surface area (Å²) in [6, 6.07) is 35.5. The van der Waals surface area contributed by atoms with Crippen LogP contribution in [-0.2, 0) is 19.2 Å². The van der Waals surface area contributed by atoms with Crippen molar-refractivity contribution in [2.24, 2.45) is 29.6 Å². The van der Waals surface area contributed by atoms with Crippen molar-refractivity contribution in [3.05, 3.63) is 145 Å². The molecule has 292 valence electrons. The van der Waals surface area contributed by atoms with Crippen molar-refractivity contribution in [1.82, 2.24) is 0 Å². The van der Waals surface area contributed by atoms with Crippen LogP contribution in [0.1, 0.15) is 24.3 Å². The molecule has 0 aromatic heterocycles. The van der Waals surface area contributed by atoms with Gasteiger partial charge in [0, 0.05) is 34.2 Å². The molecule has 2 aliphatic heterocycles. The number of ether oxygens (including phenoxy) is 1. The Hall–Kier alpha value is -6.89. The fraction of sp³-hybridized carbons (Fsp3) is 0.200. The SMILES string of the molecule is O=C1C2CC=C3C(CC4C(=O)N(c5ccc(Nc6ccccc6)cc5)C(=O)C4C3c3cc(OC(F)(F)F)ccc3O)C2C(=O)N1c1ccc(Nc2ccccc2)cc1. The van der Waals surface area contributed by atoms with Gasteiger partial charge in [-0.15, -0.1) is 13.2 Å². The molecule has 2 saturated heterocycles. The van der Waals surface area contributed by atoms with E-state index >= 15 is 0 Å². The Morgan fingerprint density at radius 3 is 1.62 bits per heavy atom. The van der Waals surface area contributed by atoms with Crippen molar-refractivity contribution in [3.8, 4) is 11.5 Å². The monoisotopic (exact) mass is 784 g/mol. The third kappa shape index (κ3) is 6.51. The first-order valence-electron chi connectivity index (χ1n) is 18.8. The van der Waals surface area contributed by atoms with E-state index in [0.717, 1.165) is 45.1 Å². The summed E-state index contributed by atoms with van der Waals surface area (Å²) in [5, 5.41) is 17.8. The minimum absolute atomic E-state index is 0.0369. The molecule has 4 amide bonds. The fourth-order valence-electron chi connectivity index (χ4n) is 9.19. The molecule has 6 atom stereocenters. The zero-order valence-corrected chi connectivity index (χ0v) is 30.6. The lowest BCUT2D eigenvalue weighted by molar-refractivity contribution is -0.274. The van der Waals surface area contributed by atoms with E-state index in [1.807, 2.05) is 60.7 Å². The number of allylic oxidation sites excluding steroid dienone is 2. The molecule has 2 aliphatic carbocycles. The highest BCUT2D eigenvalue weighted by Crippen LogP contribution is 2.59. The molecule has 3 fully saturated rings. The molecule has 10 nitrogen and oxygen atoms in total. The van der Waals surface area contributed by atoms with Crippen molar-refractivity contribution in [1.29, 1.82) is 0 Å². The number of carbonyl (C=O) groups excluding carboxylic acids is 4. The second-order valence-corrected chi connectivity index (χ2v) is 14.9. The third-order valence-electron chi connectivity index (χ3n) is 11.6. The number of amides is 4. The molecule has 6 unspecified atom stereocenters. The van der Waals surface area contributed by atoms with Crippen LogP contribution in [0.2, 0.25) is 0 Å². The molecule has 0 radical (unpaired) electrons. The number of phenols is 1. The van der Waals surface area contributed by atoms with Gasteiger partial charge >= 0.3 is 6.36 Å². The van der Waals surface area contributed by atoms with E-state index in [0.29, 0.717) is 22.6 Å². The summed E-state index contributed by atoms with van der Waals surface area (Å²) < 4.78 is 44.6. The summed E-state index contributed by atoms with van der Waals surface area (Å²) >= 11 is 0. The van der Waals surface area contributed by atoms with Gasteiger partial charge < -0.3 is 20.5 Å². The number of carbonyl (C=O) groups is 4. The minimum Gasteiger partial charge on any atom is -0.508 e. The Balaban J connectivity index is 1.06. The average molecular weight is 785 g/mol. The van der Waals surface area contributed by atoms with Crippen LogP contribution < -0.4 is 25.2 Å². The number of aromatic hydroxyl groups is 1. The van der Waals surface area contributed by atoms with E-state index in [4.69, 9.17) is 0 Å². The van der Waals surface area contributed by atoms with E-state index < -0.39 is 77.0 Å². The summed E-state index contributed by atoms with van der Waals surface area (Å²) in [6.45, 7) is 0. The smallest absolute Gasteiger partial charge is 0.508 e. The highest BCUT2D eigenvalue weighted by atomic mass is 19.4. The van der Waals surface area contributed by atoms with Gasteiger partial charge in [-0.25, -0.2) is 0 Å². The van der Waals surface area contributed by atoms with Gasteiger partial charge in [0.25, 0.3) is 0 Å². The van der Waals surface area contributed by atoms with Gasteiger partial charge in [-0.2, -0.15) is 0 Å². The predicted octanol–water partition coefficient (Wildman–Crippen LogP) is 8.82. The van der Waals surface area contributed by atoms with Gasteiger partial charge in [-0.05, 0) is 110 Å². The van der Waals surface area contributed by atoms with Gasteiger partial charge in [-0.1, -0.05) is 48.0 Å². The predicted molar refractivity (Wildman–Crippen MR) is 210 cm³/mol. The molecule has 5 aromatic rings. The first-order valence-corrected chi connectivity index (χ1v) is 18.8. The molecule has 9 rings (SSSR count). The lowest BCUT2D eigenvalue weighted by atomic mass is 9.57. The molecule has 1 saturated carbocycles. The molecular weight excluding hydrogens is 750 g/mol. The van der Waals surface area contributed by atoms with Crippen LogP contribution in [0.25, 0.3) is 0 Å². The largest absolute Gasteiger partial charge is 0.573 e. The Kier molecular flexibility index (Phi) is 9.02. The van der Waals surface area contributed by atoms with Gasteiger partial charge in [0.05, 0.1) is 35.0 Å². The number of halogens is 3. The lowest BCUT2D eigenvalue weighted by Crippen LogP contribution is -2.43. The molecule has 3 N–H and O–H groups in total. The first kappa shape index (κ1) is 36.7. The number of fused-ring (bicyclic) bond motifs is 4. The standard InChI is InChI=1S/C45H35F3N4O6/c46-45(47,48)58-31-19-22-37(53)35(23-31)38-32-20-21-33-39(43(56)51(41(33)54)29-15-11-27(12-16-29)49-25-7-3-1-4-8-25)34(32)24-36-40(38)44(57)52(42(36)55)30-17-13-28(14-18-30)50-26-9-5-2-6-10-26/h1-20,22-23,33-34,36,38-40,49-50,53H,21,24H2. The van der Waals surface area contributed by atoms with Gasteiger partial charge in [0.1, 0.15) is 11.5 Å². The summed E-state index contributed by atoms with van der Waals surface area (Å²) in [5.74, 6) is -8.74. The number of para-hydroxylation sites is 2. The Labute approximate surface area is 330 Å². The molecule has 5 aromatic carbocycles. The van der Waals surface area contributed by atoms with E-state index in [2.05, 4.69) is 15.4 Å². The van der Waals surface area contributed by atoms with Crippen LogP contribution >= 0.6 is 0 Å². The van der Waals surface area contributed by atoms with Gasteiger partial charge in [0.2, 0.25) is 23.6 Å². The summed E-state index contributed by atoms with van der Waals surface area (Å²) in [6.07, 6.45) is -3.14. The van der Waals surface area contributed by atoms with Crippen molar-refractivity contribution in [2.45, 2.75) is 25.1 Å². The van der Waals surface area contributed by atoms with Crippen LogP contribution in [0.3, 0.4) is 0 Å². The van der Waals surface area contributed by atoms with Crippen LogP contribution in [0, 0.1) is 29.6 Å². The molecule has 13 heteroatoms. The number of hydrogen-bond donors (Lipinski definition) is 3. The van der Waals surface area contributed by atoms with Crippen molar-refractivity contribution in [2.75, 3.05) is 20.4 Å². The van der Waals surface area contributed by atoms with Crippen molar-refractivity contribution in [3.63, 3.8) is 0 Å². The van der Waals surface area contributed by atoms with E-state index in [1.54, 1.807) is 54.6 Å². The van der Waals surface area contributed by atoms with Crippen LogP contribution in [-0.4, -0.2) is 35.1 Å². The number of nitrogens with one attached hydrogen (secondary N) is 2. The maximum atomic E-state index is 14.6. The Bertz CT molecular complexity index is 2460. The topological polar surface area (TPSA) is 128 Å². The molecular formula is C45H35F3N4O6. The van der Waals surface area contributed by atoms with Gasteiger partial charge in [0.15, 0.2) is 0 Å². The molecule has 2 heterocycles. The number of benzene rings is 5. The van der Waals surface area contributed by atoms with Gasteiger partial charge in [-0.3, -0.25) is 29.0 Å². The minimum atomic E-state index is -5.05. The molecule has 0 bridgehead atoms. The second-order valence-electron chi connectivity index (χ2n) is 14.9. The zero-order chi connectivity index (χ0) is 40.3. The summed E-state index contributed by atoms with van der Waals surface area (Å²) in [5.41, 5.74) is 4.25. The van der Waals surface area contributed by atoms with E-state index in [-0.39, 0.29) is 18.4 Å². The highest BCUT2D eigenvalue weighted by molar-refractivity contribution is 6.24. The fourth-order valence-corrected chi connectivity index (χ4v) is 9.19. The normalized spacial score (nSPS) is 23.9. The Morgan fingerprint density at radius 2 is 1.09 bits per heavy atom. The number of nitrogens with zero attached hydrogens (tertiary/aromatic N) is 2. The third-order valence-corrected chi connectivity index (χ3v) is 11.6. The van der Waals surface area contributed by atoms with Crippen LogP contribution in [0.4, 0.5) is 47.3 Å². The second kappa shape index (κ2) is 14.2. The maximum Gasteiger partial charge on any atom is 0.573 e. The van der Waals surface area contributed by atoms with Crippen LogP contribution in [0.5, 0.6) is 11.5 Å². The number of imide groups is 2. The number of rotatable bonds is 8. The number of hydrogen-bond acceptors (Lipinski definition) is 8. The molecule has 58 heavy (non-hydrogen) atoms. The lowest BCUT2D eigenvalue weighted by Gasteiger charge is -2.44. The Morgan fingerprint density at radius 1 is 0.586 bits per heavy atom. The molecule has 4 aliphatic rings.